The van der Waals surface area contributed by atoms with Crippen LogP contribution < -0.4 is 5.32 Å². The summed E-state index contributed by atoms with van der Waals surface area (Å²) < 4.78 is 6.36. The third-order valence-corrected chi connectivity index (χ3v) is 4.29. The molecule has 0 spiro atoms. The molecule has 0 aliphatic carbocycles. The number of nitrogens with one attached hydrogen (secondary N) is 1. The first kappa shape index (κ1) is 13.1. The molecule has 0 bridgehead atoms. The summed E-state index contributed by atoms with van der Waals surface area (Å²) in [5, 5.41) is 3.73. The van der Waals surface area contributed by atoms with Gasteiger partial charge in [-0.3, -0.25) is 0 Å². The SMILES string of the molecule is CCC1OCCC1CNc1ncnc(Cl)c1Br. The lowest BCUT2D eigenvalue weighted by Gasteiger charge is -2.17. The van der Waals surface area contributed by atoms with Crippen LogP contribution in [0.4, 0.5) is 5.82 Å². The lowest BCUT2D eigenvalue weighted by atomic mass is 10.00. The highest BCUT2D eigenvalue weighted by atomic mass is 79.9. The van der Waals surface area contributed by atoms with Gasteiger partial charge in [-0.25, -0.2) is 9.97 Å². The third kappa shape index (κ3) is 3.09. The molecule has 2 heterocycles. The predicted molar refractivity (Wildman–Crippen MR) is 71.4 cm³/mol. The average molecular weight is 321 g/mol. The summed E-state index contributed by atoms with van der Waals surface area (Å²) in [7, 11) is 0. The van der Waals surface area contributed by atoms with Crippen LogP contribution in [0, 0.1) is 5.92 Å². The fourth-order valence-corrected chi connectivity index (χ4v) is 2.55. The highest BCUT2D eigenvalue weighted by Crippen LogP contribution is 2.28. The molecule has 1 aromatic rings. The highest BCUT2D eigenvalue weighted by Gasteiger charge is 2.26. The van der Waals surface area contributed by atoms with Crippen LogP contribution in [0.1, 0.15) is 19.8 Å². The van der Waals surface area contributed by atoms with E-state index in [4.69, 9.17) is 16.3 Å². The molecule has 2 rings (SSSR count). The van der Waals surface area contributed by atoms with Crippen molar-refractivity contribution >= 4 is 33.3 Å². The molecule has 2 atom stereocenters. The van der Waals surface area contributed by atoms with Crippen molar-refractivity contribution in [2.45, 2.75) is 25.9 Å². The first-order chi connectivity index (χ1) is 8.22. The van der Waals surface area contributed by atoms with Gasteiger partial charge < -0.3 is 10.1 Å². The minimum absolute atomic E-state index is 0.360. The Balaban J connectivity index is 1.95. The molecule has 2 unspecified atom stereocenters. The van der Waals surface area contributed by atoms with Crippen molar-refractivity contribution in [1.82, 2.24) is 9.97 Å². The van der Waals surface area contributed by atoms with E-state index >= 15 is 0 Å². The number of halogens is 2. The number of aromatic nitrogens is 2. The van der Waals surface area contributed by atoms with Crippen molar-refractivity contribution in [2.75, 3.05) is 18.5 Å². The number of anilines is 1. The Bertz CT molecular complexity index is 391. The van der Waals surface area contributed by atoms with Crippen LogP contribution in [-0.2, 0) is 4.74 Å². The third-order valence-electron chi connectivity index (χ3n) is 3.03. The summed E-state index contributed by atoms with van der Waals surface area (Å²) in [5.41, 5.74) is 0. The van der Waals surface area contributed by atoms with E-state index in [1.54, 1.807) is 0 Å². The molecule has 4 nitrogen and oxygen atoms in total. The number of nitrogens with zero attached hydrogens (tertiary/aromatic N) is 2. The van der Waals surface area contributed by atoms with Gasteiger partial charge in [0, 0.05) is 19.1 Å². The van der Waals surface area contributed by atoms with Crippen molar-refractivity contribution in [3.63, 3.8) is 0 Å². The van der Waals surface area contributed by atoms with Crippen molar-refractivity contribution in [1.29, 1.82) is 0 Å². The fourth-order valence-electron chi connectivity index (χ4n) is 2.08. The second-order valence-corrected chi connectivity index (χ2v) is 5.23. The number of ether oxygens (including phenoxy) is 1. The summed E-state index contributed by atoms with van der Waals surface area (Å²) in [4.78, 5) is 8.05. The van der Waals surface area contributed by atoms with Gasteiger partial charge >= 0.3 is 0 Å². The minimum atomic E-state index is 0.360. The number of rotatable bonds is 4. The molecule has 1 saturated heterocycles. The Morgan fingerprint density at radius 2 is 2.41 bits per heavy atom. The van der Waals surface area contributed by atoms with E-state index in [1.165, 1.54) is 6.33 Å². The maximum Gasteiger partial charge on any atom is 0.148 e. The van der Waals surface area contributed by atoms with Crippen LogP contribution in [-0.4, -0.2) is 29.2 Å². The second kappa shape index (κ2) is 5.98. The van der Waals surface area contributed by atoms with Gasteiger partial charge in [0.15, 0.2) is 0 Å². The van der Waals surface area contributed by atoms with E-state index < -0.39 is 0 Å². The Kier molecular flexibility index (Phi) is 4.59. The lowest BCUT2D eigenvalue weighted by molar-refractivity contribution is 0.0900. The van der Waals surface area contributed by atoms with Crippen LogP contribution in [0.3, 0.4) is 0 Å². The topological polar surface area (TPSA) is 47.0 Å². The van der Waals surface area contributed by atoms with Crippen LogP contribution in [0.5, 0.6) is 0 Å². The van der Waals surface area contributed by atoms with Crippen LogP contribution in [0.25, 0.3) is 0 Å². The van der Waals surface area contributed by atoms with E-state index in [2.05, 4.69) is 38.1 Å². The molecule has 0 radical (unpaired) electrons. The summed E-state index contributed by atoms with van der Waals surface area (Å²) in [5.74, 6) is 1.28. The smallest absolute Gasteiger partial charge is 0.148 e. The molecule has 0 saturated carbocycles. The van der Waals surface area contributed by atoms with Gasteiger partial charge in [-0.1, -0.05) is 18.5 Å². The Hall–Kier alpha value is -0.390. The average Bonchev–Trinajstić information content (AvgIpc) is 2.78. The molecule has 17 heavy (non-hydrogen) atoms. The zero-order valence-electron chi connectivity index (χ0n) is 9.62. The molecule has 0 amide bonds. The molecule has 0 aromatic carbocycles. The van der Waals surface area contributed by atoms with Crippen molar-refractivity contribution in [2.24, 2.45) is 5.92 Å². The molecular formula is C11H15BrClN3O. The zero-order chi connectivity index (χ0) is 12.3. The van der Waals surface area contributed by atoms with Gasteiger partial charge in [0.2, 0.25) is 0 Å². The molecule has 1 aliphatic rings. The molecule has 1 fully saturated rings. The van der Waals surface area contributed by atoms with Gasteiger partial charge in [-0.05, 0) is 28.8 Å². The lowest BCUT2D eigenvalue weighted by Crippen LogP contribution is -2.23. The molecule has 1 aliphatic heterocycles. The predicted octanol–water partition coefficient (Wildman–Crippen LogP) is 3.12. The zero-order valence-corrected chi connectivity index (χ0v) is 12.0. The second-order valence-electron chi connectivity index (χ2n) is 4.07. The Morgan fingerprint density at radius 3 is 3.18 bits per heavy atom. The van der Waals surface area contributed by atoms with Gasteiger partial charge in [0.05, 0.1) is 10.6 Å². The van der Waals surface area contributed by atoms with E-state index in [1.807, 2.05) is 0 Å². The van der Waals surface area contributed by atoms with E-state index in [0.717, 1.165) is 31.8 Å². The molecule has 1 N–H and O–H groups in total. The highest BCUT2D eigenvalue weighted by molar-refractivity contribution is 9.10. The maximum absolute atomic E-state index is 5.90. The van der Waals surface area contributed by atoms with E-state index in [9.17, 15) is 0 Å². The van der Waals surface area contributed by atoms with Crippen molar-refractivity contribution in [3.05, 3.63) is 16.0 Å². The largest absolute Gasteiger partial charge is 0.378 e. The van der Waals surface area contributed by atoms with Gasteiger partial charge in [0.25, 0.3) is 0 Å². The van der Waals surface area contributed by atoms with Crippen molar-refractivity contribution in [3.8, 4) is 0 Å². The van der Waals surface area contributed by atoms with Gasteiger partial charge in [-0.2, -0.15) is 0 Å². The minimum Gasteiger partial charge on any atom is -0.378 e. The first-order valence-corrected chi connectivity index (χ1v) is 6.91. The van der Waals surface area contributed by atoms with Gasteiger partial charge in [-0.15, -0.1) is 0 Å². The van der Waals surface area contributed by atoms with Gasteiger partial charge in [0.1, 0.15) is 17.3 Å². The maximum atomic E-state index is 5.90. The summed E-state index contributed by atoms with van der Waals surface area (Å²) in [6.45, 7) is 3.86. The summed E-state index contributed by atoms with van der Waals surface area (Å²) in [6, 6.07) is 0. The molecule has 94 valence electrons. The fraction of sp³-hybridized carbons (Fsp3) is 0.636. The van der Waals surface area contributed by atoms with E-state index in [0.29, 0.717) is 21.6 Å². The Labute approximate surface area is 114 Å². The van der Waals surface area contributed by atoms with Crippen LogP contribution in [0.15, 0.2) is 10.8 Å². The molecule has 1 aromatic heterocycles. The number of hydrogen-bond donors (Lipinski definition) is 1. The quantitative estimate of drug-likeness (QED) is 0.866. The standard InChI is InChI=1S/C11H15BrClN3O/c1-2-8-7(3-4-17-8)5-14-11-9(12)10(13)15-6-16-11/h6-8H,2-5H2,1H3,(H,14,15,16). The normalized spacial score (nSPS) is 23.9. The summed E-state index contributed by atoms with van der Waals surface area (Å²) >= 11 is 9.27. The first-order valence-electron chi connectivity index (χ1n) is 5.73. The molecule has 6 heteroatoms. The summed E-state index contributed by atoms with van der Waals surface area (Å²) in [6.07, 6.45) is 3.97. The Morgan fingerprint density at radius 1 is 1.59 bits per heavy atom. The number of hydrogen-bond acceptors (Lipinski definition) is 4. The van der Waals surface area contributed by atoms with Crippen LogP contribution >= 0.6 is 27.5 Å². The van der Waals surface area contributed by atoms with E-state index in [-0.39, 0.29) is 0 Å². The van der Waals surface area contributed by atoms with Crippen LogP contribution in [0.2, 0.25) is 5.15 Å². The monoisotopic (exact) mass is 319 g/mol. The van der Waals surface area contributed by atoms with Crippen molar-refractivity contribution < 1.29 is 4.74 Å². The molecular weight excluding hydrogens is 305 g/mol.